The van der Waals surface area contributed by atoms with Crippen molar-refractivity contribution < 1.29 is 14.4 Å². The van der Waals surface area contributed by atoms with Gasteiger partial charge in [0.1, 0.15) is 6.04 Å². The zero-order chi connectivity index (χ0) is 29.5. The van der Waals surface area contributed by atoms with Gasteiger partial charge in [0, 0.05) is 36.8 Å². The molecule has 220 valence electrons. The lowest BCUT2D eigenvalue weighted by Gasteiger charge is -2.27. The SMILES string of the molecule is CC(C)CC[C@@H](C[C@@H](CCCN=C(N)N)NC(=O)[C@@H](N)Cc1ccccc1)C(=O)NC(Cc1cnc[nH]1)C(N)=O. The summed E-state index contributed by atoms with van der Waals surface area (Å²) >= 11 is 0. The van der Waals surface area contributed by atoms with Crippen LogP contribution in [0, 0.1) is 11.8 Å². The molecule has 0 aliphatic carbocycles. The number of nitrogens with one attached hydrogen (secondary N) is 3. The normalized spacial score (nSPS) is 14.1. The maximum absolute atomic E-state index is 13.5. The van der Waals surface area contributed by atoms with Crippen LogP contribution in [0.3, 0.4) is 0 Å². The molecular weight excluding hydrogens is 510 g/mol. The van der Waals surface area contributed by atoms with Crippen molar-refractivity contribution in [2.24, 2.45) is 39.8 Å². The second kappa shape index (κ2) is 16.9. The van der Waals surface area contributed by atoms with Crippen LogP contribution in [0.15, 0.2) is 47.8 Å². The Balaban J connectivity index is 2.16. The van der Waals surface area contributed by atoms with Crippen molar-refractivity contribution in [2.75, 3.05) is 6.54 Å². The maximum atomic E-state index is 13.5. The lowest BCUT2D eigenvalue weighted by Crippen LogP contribution is -2.50. The van der Waals surface area contributed by atoms with Gasteiger partial charge < -0.3 is 38.6 Å². The first-order valence-corrected chi connectivity index (χ1v) is 13.8. The van der Waals surface area contributed by atoms with Crippen molar-refractivity contribution in [1.29, 1.82) is 0 Å². The average molecular weight is 556 g/mol. The van der Waals surface area contributed by atoms with Crippen LogP contribution in [0.4, 0.5) is 0 Å². The van der Waals surface area contributed by atoms with Gasteiger partial charge in [0.25, 0.3) is 0 Å². The number of primary amides is 1. The summed E-state index contributed by atoms with van der Waals surface area (Å²) in [7, 11) is 0. The van der Waals surface area contributed by atoms with E-state index in [-0.39, 0.29) is 30.2 Å². The number of amides is 3. The van der Waals surface area contributed by atoms with Crippen molar-refractivity contribution >= 4 is 23.7 Å². The molecule has 3 amide bonds. The Bertz CT molecular complexity index is 1070. The average Bonchev–Trinajstić information content (AvgIpc) is 3.41. The maximum Gasteiger partial charge on any atom is 0.240 e. The van der Waals surface area contributed by atoms with E-state index in [4.69, 9.17) is 22.9 Å². The highest BCUT2D eigenvalue weighted by molar-refractivity contribution is 5.88. The van der Waals surface area contributed by atoms with Crippen molar-refractivity contribution in [1.82, 2.24) is 20.6 Å². The molecule has 1 aromatic carbocycles. The third kappa shape index (κ3) is 12.3. The van der Waals surface area contributed by atoms with Crippen LogP contribution in [0.1, 0.15) is 57.2 Å². The summed E-state index contributed by atoms with van der Waals surface area (Å²) in [5, 5.41) is 5.87. The number of rotatable bonds is 18. The number of benzene rings is 1. The molecule has 2 aromatic rings. The van der Waals surface area contributed by atoms with Crippen molar-refractivity contribution in [3.05, 3.63) is 54.1 Å². The van der Waals surface area contributed by atoms with Crippen LogP contribution in [0.2, 0.25) is 0 Å². The van der Waals surface area contributed by atoms with E-state index >= 15 is 0 Å². The summed E-state index contributed by atoms with van der Waals surface area (Å²) in [4.78, 5) is 49.6. The van der Waals surface area contributed by atoms with Gasteiger partial charge >= 0.3 is 0 Å². The van der Waals surface area contributed by atoms with Crippen molar-refractivity contribution in [2.45, 2.75) is 76.9 Å². The van der Waals surface area contributed by atoms with E-state index in [2.05, 4.69) is 39.4 Å². The van der Waals surface area contributed by atoms with Gasteiger partial charge in [-0.3, -0.25) is 19.4 Å². The molecule has 0 aliphatic heterocycles. The van der Waals surface area contributed by atoms with E-state index in [0.29, 0.717) is 50.3 Å². The van der Waals surface area contributed by atoms with E-state index < -0.39 is 23.9 Å². The number of nitrogens with zero attached hydrogens (tertiary/aromatic N) is 2. The Morgan fingerprint density at radius 3 is 2.30 bits per heavy atom. The zero-order valence-electron chi connectivity index (χ0n) is 23.5. The molecule has 12 heteroatoms. The number of aromatic nitrogens is 2. The third-order valence-corrected chi connectivity index (χ3v) is 6.66. The minimum absolute atomic E-state index is 0.00517. The fourth-order valence-corrected chi connectivity index (χ4v) is 4.43. The number of guanidine groups is 1. The number of hydrogen-bond acceptors (Lipinski definition) is 6. The summed E-state index contributed by atoms with van der Waals surface area (Å²) in [5.74, 6) is -1.34. The molecule has 11 N–H and O–H groups in total. The second-order valence-electron chi connectivity index (χ2n) is 10.6. The van der Waals surface area contributed by atoms with E-state index in [1.807, 2.05) is 30.3 Å². The molecule has 1 unspecified atom stereocenters. The molecule has 0 bridgehead atoms. The number of carbonyl (C=O) groups excluding carboxylic acids is 3. The Morgan fingerprint density at radius 1 is 0.975 bits per heavy atom. The van der Waals surface area contributed by atoms with Crippen LogP contribution >= 0.6 is 0 Å². The molecule has 0 saturated carbocycles. The Kier molecular flexibility index (Phi) is 13.6. The van der Waals surface area contributed by atoms with Crippen molar-refractivity contribution in [3.8, 4) is 0 Å². The number of H-pyrrole nitrogens is 1. The van der Waals surface area contributed by atoms with Gasteiger partial charge in [0.05, 0.1) is 12.4 Å². The highest BCUT2D eigenvalue weighted by Crippen LogP contribution is 2.21. The monoisotopic (exact) mass is 555 g/mol. The molecule has 4 atom stereocenters. The quantitative estimate of drug-likeness (QED) is 0.0782. The van der Waals surface area contributed by atoms with Crippen LogP contribution in [-0.2, 0) is 27.2 Å². The molecular formula is C28H45N9O3. The fraction of sp³-hybridized carbons (Fsp3) is 0.536. The molecule has 1 aromatic heterocycles. The predicted molar refractivity (Wildman–Crippen MR) is 156 cm³/mol. The summed E-state index contributed by atoms with van der Waals surface area (Å²) in [6, 6.07) is 7.54. The molecule has 12 nitrogen and oxygen atoms in total. The van der Waals surface area contributed by atoms with Gasteiger partial charge in [-0.25, -0.2) is 4.98 Å². The number of aliphatic imine (C=N–C) groups is 1. The summed E-state index contributed by atoms with van der Waals surface area (Å²) in [6.45, 7) is 4.55. The smallest absolute Gasteiger partial charge is 0.240 e. The molecule has 40 heavy (non-hydrogen) atoms. The predicted octanol–water partition coefficient (Wildman–Crippen LogP) is 0.473. The minimum Gasteiger partial charge on any atom is -0.370 e. The summed E-state index contributed by atoms with van der Waals surface area (Å²) < 4.78 is 0. The standard InChI is InChI=1S/C28H45N9O3/c1-18(2)10-11-20(26(39)37-24(25(30)38)15-22-16-33-17-35-22)14-21(9-6-12-34-28(31)32)36-27(40)23(29)13-19-7-4-3-5-8-19/h3-5,7-8,16-18,20-21,23-24H,6,9-15,29H2,1-2H3,(H2,30,38)(H,33,35)(H,36,40)(H,37,39)(H4,31,32,34)/t20-,21+,23-,24?/m0/s1. The van der Waals surface area contributed by atoms with Gasteiger partial charge in [-0.05, 0) is 43.6 Å². The zero-order valence-corrected chi connectivity index (χ0v) is 23.5. The van der Waals surface area contributed by atoms with Gasteiger partial charge in [-0.2, -0.15) is 0 Å². The second-order valence-corrected chi connectivity index (χ2v) is 10.6. The first kappa shape index (κ1) is 32.3. The fourth-order valence-electron chi connectivity index (χ4n) is 4.43. The summed E-state index contributed by atoms with van der Waals surface area (Å²) in [5.41, 5.74) is 24.4. The van der Waals surface area contributed by atoms with Gasteiger partial charge in [0.2, 0.25) is 17.7 Å². The first-order chi connectivity index (χ1) is 19.0. The highest BCUT2D eigenvalue weighted by Gasteiger charge is 2.29. The van der Waals surface area contributed by atoms with E-state index in [9.17, 15) is 14.4 Å². The van der Waals surface area contributed by atoms with Gasteiger partial charge in [-0.15, -0.1) is 0 Å². The number of imidazole rings is 1. The van der Waals surface area contributed by atoms with E-state index in [0.717, 1.165) is 12.0 Å². The Labute approximate surface area is 236 Å². The molecule has 2 rings (SSSR count). The van der Waals surface area contributed by atoms with Gasteiger partial charge in [0.15, 0.2) is 5.96 Å². The number of hydrogen-bond donors (Lipinski definition) is 7. The van der Waals surface area contributed by atoms with Crippen LogP contribution < -0.4 is 33.6 Å². The first-order valence-electron chi connectivity index (χ1n) is 13.8. The largest absolute Gasteiger partial charge is 0.370 e. The van der Waals surface area contributed by atoms with Crippen molar-refractivity contribution in [3.63, 3.8) is 0 Å². The summed E-state index contributed by atoms with van der Waals surface area (Å²) in [6.07, 6.45) is 6.54. The lowest BCUT2D eigenvalue weighted by molar-refractivity contribution is -0.130. The lowest BCUT2D eigenvalue weighted by atomic mass is 9.89. The molecule has 0 aliphatic rings. The van der Waals surface area contributed by atoms with E-state index in [1.54, 1.807) is 6.20 Å². The Morgan fingerprint density at radius 2 is 1.70 bits per heavy atom. The van der Waals surface area contributed by atoms with Crippen LogP contribution in [-0.4, -0.2) is 58.3 Å². The molecule has 0 saturated heterocycles. The number of aromatic amines is 1. The number of nitrogens with two attached hydrogens (primary N) is 4. The molecule has 0 fully saturated rings. The minimum atomic E-state index is -0.899. The topological polar surface area (TPSA) is 220 Å². The number of carbonyl (C=O) groups is 3. The molecule has 1 heterocycles. The van der Waals surface area contributed by atoms with E-state index in [1.165, 1.54) is 6.33 Å². The molecule has 0 spiro atoms. The third-order valence-electron chi connectivity index (χ3n) is 6.66. The van der Waals surface area contributed by atoms with Crippen LogP contribution in [0.25, 0.3) is 0 Å². The van der Waals surface area contributed by atoms with Crippen LogP contribution in [0.5, 0.6) is 0 Å². The highest BCUT2D eigenvalue weighted by atomic mass is 16.2. The van der Waals surface area contributed by atoms with Gasteiger partial charge in [-0.1, -0.05) is 50.6 Å². The molecule has 0 radical (unpaired) electrons. The Hall–Kier alpha value is -3.93.